The van der Waals surface area contributed by atoms with Crippen molar-refractivity contribution < 1.29 is 0 Å². The second-order valence-corrected chi connectivity index (χ2v) is 8.86. The topological polar surface area (TPSA) is 15.3 Å². The van der Waals surface area contributed by atoms with E-state index in [-0.39, 0.29) is 6.04 Å². The Hall–Kier alpha value is -2.58. The molecular weight excluding hydrogens is 364 g/mol. The van der Waals surface area contributed by atoms with Crippen molar-refractivity contribution in [1.82, 2.24) is 4.90 Å². The minimum Gasteiger partial charge on any atom is -0.378 e. The zero-order chi connectivity index (χ0) is 21.1. The Balaban J connectivity index is 1.57. The van der Waals surface area contributed by atoms with Crippen molar-refractivity contribution in [3.63, 3.8) is 0 Å². The number of hydrogen-bond acceptors (Lipinski definition) is 2. The molecule has 0 aromatic heterocycles. The highest BCUT2D eigenvalue weighted by Gasteiger charge is 2.15. The summed E-state index contributed by atoms with van der Waals surface area (Å²) in [5.74, 6) is 0. The number of hydrogen-bond donors (Lipinski definition) is 1. The fourth-order valence-corrected chi connectivity index (χ4v) is 4.27. The second kappa shape index (κ2) is 9.06. The SMILES string of the molecule is CC1=C(c2cc(C(C)Nc3cc(CN4CCC4)ccc3C)ccc2C)C=CCC=C1. The van der Waals surface area contributed by atoms with Crippen LogP contribution in [0.2, 0.25) is 0 Å². The smallest absolute Gasteiger partial charge is 0.0485 e. The molecule has 4 rings (SSSR count). The number of likely N-dealkylation sites (tertiary alicyclic amines) is 1. The van der Waals surface area contributed by atoms with Crippen LogP contribution >= 0.6 is 0 Å². The van der Waals surface area contributed by atoms with Crippen molar-refractivity contribution >= 4 is 11.3 Å². The van der Waals surface area contributed by atoms with Gasteiger partial charge in [0.15, 0.2) is 0 Å². The summed E-state index contributed by atoms with van der Waals surface area (Å²) in [7, 11) is 0. The Kier molecular flexibility index (Phi) is 6.24. The maximum atomic E-state index is 3.78. The normalized spacial score (nSPS) is 17.6. The summed E-state index contributed by atoms with van der Waals surface area (Å²) in [6.07, 6.45) is 11.4. The quantitative estimate of drug-likeness (QED) is 0.565. The minimum absolute atomic E-state index is 0.244. The largest absolute Gasteiger partial charge is 0.378 e. The van der Waals surface area contributed by atoms with Crippen molar-refractivity contribution in [2.75, 3.05) is 18.4 Å². The summed E-state index contributed by atoms with van der Waals surface area (Å²) in [4.78, 5) is 2.51. The Morgan fingerprint density at radius 2 is 1.70 bits per heavy atom. The van der Waals surface area contributed by atoms with Gasteiger partial charge in [0.1, 0.15) is 0 Å². The summed E-state index contributed by atoms with van der Waals surface area (Å²) in [5.41, 5.74) is 10.6. The van der Waals surface area contributed by atoms with Gasteiger partial charge in [0.2, 0.25) is 0 Å². The third-order valence-electron chi connectivity index (χ3n) is 6.43. The van der Waals surface area contributed by atoms with Crippen LogP contribution in [-0.2, 0) is 6.54 Å². The molecule has 30 heavy (non-hydrogen) atoms. The van der Waals surface area contributed by atoms with Crippen LogP contribution < -0.4 is 5.32 Å². The van der Waals surface area contributed by atoms with Gasteiger partial charge in [0.25, 0.3) is 0 Å². The summed E-state index contributed by atoms with van der Waals surface area (Å²) in [6, 6.07) is 14.0. The molecule has 1 heterocycles. The van der Waals surface area contributed by atoms with E-state index >= 15 is 0 Å². The highest BCUT2D eigenvalue weighted by molar-refractivity contribution is 5.80. The van der Waals surface area contributed by atoms with Crippen molar-refractivity contribution in [2.45, 2.75) is 53.1 Å². The highest BCUT2D eigenvalue weighted by atomic mass is 15.2. The molecule has 0 saturated carbocycles. The number of aryl methyl sites for hydroxylation is 2. The molecule has 2 aromatic rings. The van der Waals surface area contributed by atoms with Gasteiger partial charge in [0, 0.05) is 18.3 Å². The van der Waals surface area contributed by atoms with E-state index in [1.807, 2.05) is 0 Å². The maximum Gasteiger partial charge on any atom is 0.0485 e. The van der Waals surface area contributed by atoms with Crippen LogP contribution in [0.4, 0.5) is 5.69 Å². The number of nitrogens with zero attached hydrogens (tertiary/aromatic N) is 1. The van der Waals surface area contributed by atoms with Crippen LogP contribution in [-0.4, -0.2) is 18.0 Å². The summed E-state index contributed by atoms with van der Waals surface area (Å²) < 4.78 is 0. The van der Waals surface area contributed by atoms with Crippen LogP contribution in [0.1, 0.15) is 60.5 Å². The van der Waals surface area contributed by atoms with Crippen LogP contribution in [0.25, 0.3) is 5.57 Å². The molecule has 0 radical (unpaired) electrons. The second-order valence-electron chi connectivity index (χ2n) is 8.86. The molecule has 0 bridgehead atoms. The summed E-state index contributed by atoms with van der Waals surface area (Å²) >= 11 is 0. The molecule has 1 fully saturated rings. The molecule has 1 unspecified atom stereocenters. The molecule has 0 amide bonds. The van der Waals surface area contributed by atoms with Crippen LogP contribution in [0.5, 0.6) is 0 Å². The molecule has 1 atom stereocenters. The van der Waals surface area contributed by atoms with Gasteiger partial charge in [-0.2, -0.15) is 0 Å². The Bertz CT molecular complexity index is 1010. The zero-order valence-corrected chi connectivity index (χ0v) is 18.8. The number of anilines is 1. The van der Waals surface area contributed by atoms with Crippen molar-refractivity contribution in [2.24, 2.45) is 0 Å². The first kappa shape index (κ1) is 20.7. The van der Waals surface area contributed by atoms with Gasteiger partial charge in [0.05, 0.1) is 0 Å². The first-order valence-electron chi connectivity index (χ1n) is 11.2. The summed E-state index contributed by atoms with van der Waals surface area (Å²) in [6.45, 7) is 12.4. The zero-order valence-electron chi connectivity index (χ0n) is 18.8. The lowest BCUT2D eigenvalue weighted by molar-refractivity contribution is 0.172. The third-order valence-corrected chi connectivity index (χ3v) is 6.43. The van der Waals surface area contributed by atoms with Gasteiger partial charge in [-0.05, 0) is 105 Å². The predicted octanol–water partition coefficient (Wildman–Crippen LogP) is 6.97. The lowest BCUT2D eigenvalue weighted by Gasteiger charge is -2.31. The van der Waals surface area contributed by atoms with Gasteiger partial charge >= 0.3 is 0 Å². The number of benzene rings is 2. The fourth-order valence-electron chi connectivity index (χ4n) is 4.27. The highest BCUT2D eigenvalue weighted by Crippen LogP contribution is 2.30. The van der Waals surface area contributed by atoms with Gasteiger partial charge in [-0.3, -0.25) is 4.90 Å². The van der Waals surface area contributed by atoms with E-state index in [0.717, 1.165) is 13.0 Å². The van der Waals surface area contributed by atoms with Crippen molar-refractivity contribution in [3.8, 4) is 0 Å². The Labute approximate surface area is 182 Å². The molecule has 1 saturated heterocycles. The molecule has 156 valence electrons. The van der Waals surface area contributed by atoms with Gasteiger partial charge < -0.3 is 5.32 Å². The van der Waals surface area contributed by atoms with E-state index in [9.17, 15) is 0 Å². The van der Waals surface area contributed by atoms with E-state index in [1.54, 1.807) is 0 Å². The standard InChI is InChI=1S/C28H34N2/c1-20-9-6-5-7-10-26(20)27-18-25(14-12-21(27)2)23(4)29-28-17-24(13-11-22(28)3)19-30-15-8-16-30/h6-7,9-14,17-18,23,29H,5,8,15-16,19H2,1-4H3. The lowest BCUT2D eigenvalue weighted by atomic mass is 9.93. The average molecular weight is 399 g/mol. The van der Waals surface area contributed by atoms with Gasteiger partial charge in [-0.1, -0.05) is 48.6 Å². The van der Waals surface area contributed by atoms with E-state index in [1.165, 1.54) is 64.2 Å². The van der Waals surface area contributed by atoms with E-state index in [4.69, 9.17) is 0 Å². The first-order valence-corrected chi connectivity index (χ1v) is 11.2. The number of allylic oxidation sites excluding steroid dienone is 6. The van der Waals surface area contributed by atoms with Crippen molar-refractivity contribution in [1.29, 1.82) is 0 Å². The van der Waals surface area contributed by atoms with Crippen LogP contribution in [0, 0.1) is 13.8 Å². The molecule has 1 N–H and O–H groups in total. The predicted molar refractivity (Wildman–Crippen MR) is 130 cm³/mol. The molecule has 0 spiro atoms. The molecule has 2 heteroatoms. The molecule has 1 aliphatic heterocycles. The van der Waals surface area contributed by atoms with E-state index < -0.39 is 0 Å². The first-order chi connectivity index (χ1) is 14.5. The molecule has 2 aliphatic rings. The fraction of sp³-hybridized carbons (Fsp3) is 0.357. The molecular formula is C28H34N2. The maximum absolute atomic E-state index is 3.78. The number of rotatable bonds is 6. The molecule has 2 nitrogen and oxygen atoms in total. The van der Waals surface area contributed by atoms with E-state index in [0.29, 0.717) is 0 Å². The van der Waals surface area contributed by atoms with Gasteiger partial charge in [-0.15, -0.1) is 0 Å². The number of nitrogens with one attached hydrogen (secondary N) is 1. The Morgan fingerprint density at radius 3 is 2.47 bits per heavy atom. The summed E-state index contributed by atoms with van der Waals surface area (Å²) in [5, 5.41) is 3.78. The van der Waals surface area contributed by atoms with Crippen LogP contribution in [0.15, 0.2) is 66.3 Å². The van der Waals surface area contributed by atoms with Gasteiger partial charge in [-0.25, -0.2) is 0 Å². The lowest BCUT2D eigenvalue weighted by Crippen LogP contribution is -2.36. The monoisotopic (exact) mass is 398 g/mol. The van der Waals surface area contributed by atoms with Crippen molar-refractivity contribution in [3.05, 3.63) is 94.1 Å². The Morgan fingerprint density at radius 1 is 0.933 bits per heavy atom. The molecule has 1 aliphatic carbocycles. The third kappa shape index (κ3) is 4.60. The average Bonchev–Trinajstić information content (AvgIpc) is 2.91. The minimum atomic E-state index is 0.244. The van der Waals surface area contributed by atoms with Crippen LogP contribution in [0.3, 0.4) is 0 Å². The van der Waals surface area contributed by atoms with E-state index in [2.05, 4.69) is 98.6 Å². The molecule has 2 aromatic carbocycles.